The van der Waals surface area contributed by atoms with Crippen LogP contribution in [0.15, 0.2) is 115 Å². The Morgan fingerprint density at radius 3 is 1.84 bits per heavy atom. The minimum atomic E-state index is -2.29. The molecule has 7 nitrogen and oxygen atoms in total. The zero-order valence-electron chi connectivity index (χ0n) is 34.2. The van der Waals surface area contributed by atoms with Gasteiger partial charge in [-0.2, -0.15) is 0 Å². The van der Waals surface area contributed by atoms with Crippen LogP contribution in [0.4, 0.5) is 10.5 Å². The minimum Gasteiger partial charge on any atom is -0.489 e. The Labute approximate surface area is 331 Å². The van der Waals surface area contributed by atoms with Crippen molar-refractivity contribution < 1.29 is 28.2 Å². The summed E-state index contributed by atoms with van der Waals surface area (Å²) in [5, 5.41) is -0.0275. The lowest BCUT2D eigenvalue weighted by Gasteiger charge is -2.42. The van der Waals surface area contributed by atoms with Crippen molar-refractivity contribution in [3.05, 3.63) is 143 Å². The molecule has 5 rings (SSSR count). The van der Waals surface area contributed by atoms with Crippen molar-refractivity contribution in [1.82, 2.24) is 0 Å². The van der Waals surface area contributed by atoms with Crippen LogP contribution in [0.25, 0.3) is 0 Å². The fourth-order valence-corrected chi connectivity index (χ4v) is 8.14. The van der Waals surface area contributed by atoms with Gasteiger partial charge in [0.25, 0.3) is 0 Å². The second-order valence-electron chi connectivity index (χ2n) is 17.2. The third-order valence-corrected chi connectivity index (χ3v) is 16.6. The van der Waals surface area contributed by atoms with Gasteiger partial charge in [0.1, 0.15) is 12.4 Å². The minimum absolute atomic E-state index is 0.0275. The Bertz CT molecular complexity index is 1820. The number of nitrogens with zero attached hydrogens (tertiary/aromatic N) is 1. The summed E-state index contributed by atoms with van der Waals surface area (Å²) < 4.78 is 33.0. The summed E-state index contributed by atoms with van der Waals surface area (Å²) in [6.07, 6.45) is 3.46. The maximum atomic E-state index is 14.2. The Balaban J connectivity index is 1.62. The van der Waals surface area contributed by atoms with Crippen LogP contribution in [0.2, 0.25) is 43.8 Å². The number of carbonyl (C=O) groups is 1. The predicted molar refractivity (Wildman–Crippen MR) is 229 cm³/mol. The van der Waals surface area contributed by atoms with Crippen molar-refractivity contribution >= 4 is 28.2 Å². The molecule has 55 heavy (non-hydrogen) atoms. The average Bonchev–Trinajstić information content (AvgIpc) is 3.13. The summed E-state index contributed by atoms with van der Waals surface area (Å²) in [6.45, 7) is 20.8. The molecule has 0 radical (unpaired) electrons. The number of ether oxygens (including phenoxy) is 4. The maximum absolute atomic E-state index is 14.2. The number of rotatable bonds is 16. The van der Waals surface area contributed by atoms with Crippen molar-refractivity contribution in [2.45, 2.75) is 103 Å². The van der Waals surface area contributed by atoms with E-state index < -0.39 is 16.4 Å². The molecule has 0 saturated heterocycles. The van der Waals surface area contributed by atoms with Crippen molar-refractivity contribution in [2.75, 3.05) is 24.7 Å². The molecule has 0 unspecified atom stereocenters. The van der Waals surface area contributed by atoms with E-state index in [4.69, 9.17) is 23.4 Å². The number of amides is 1. The number of hydrogen-bond acceptors (Lipinski definition) is 6. The number of fused-ring (bicyclic) bond motifs is 1. The zero-order chi connectivity index (χ0) is 39.5. The normalized spacial score (nSPS) is 16.8. The number of hydrogen-bond donors (Lipinski definition) is 0. The monoisotopic (exact) mass is 779 g/mol. The SMILES string of the molecule is CC(C)(C)[Si](C)(C)O[C@H]1/C=C\CN(C(=O)OCC[Si](C)(C)C)c2cc(COCc3ccccc3)cc(OCc3ccccc3)c2[C@@H]1COCc1ccccc1. The predicted octanol–water partition coefficient (Wildman–Crippen LogP) is 11.5. The van der Waals surface area contributed by atoms with E-state index in [1.54, 1.807) is 4.90 Å². The van der Waals surface area contributed by atoms with Crippen molar-refractivity contribution in [1.29, 1.82) is 0 Å². The molecule has 0 saturated carbocycles. The molecule has 9 heteroatoms. The summed E-state index contributed by atoms with van der Waals surface area (Å²) in [5.74, 6) is 0.360. The van der Waals surface area contributed by atoms with Crippen LogP contribution in [-0.4, -0.2) is 48.3 Å². The molecule has 1 heterocycles. The zero-order valence-corrected chi connectivity index (χ0v) is 36.2. The first kappa shape index (κ1) is 42.2. The first-order valence-electron chi connectivity index (χ1n) is 19.6. The van der Waals surface area contributed by atoms with Gasteiger partial charge >= 0.3 is 6.09 Å². The molecule has 1 aliphatic rings. The van der Waals surface area contributed by atoms with Gasteiger partial charge in [0, 0.05) is 26.1 Å². The highest BCUT2D eigenvalue weighted by Crippen LogP contribution is 2.45. The Kier molecular flexibility index (Phi) is 14.7. The third-order valence-electron chi connectivity index (χ3n) is 10.4. The Morgan fingerprint density at radius 2 is 1.27 bits per heavy atom. The van der Waals surface area contributed by atoms with E-state index in [0.29, 0.717) is 51.9 Å². The quantitative estimate of drug-likeness (QED) is 0.0833. The second-order valence-corrected chi connectivity index (χ2v) is 27.6. The largest absolute Gasteiger partial charge is 0.489 e. The fourth-order valence-electron chi connectivity index (χ4n) is 6.15. The van der Waals surface area contributed by atoms with E-state index in [0.717, 1.165) is 39.5 Å². The lowest BCUT2D eigenvalue weighted by Crippen LogP contribution is -2.46. The van der Waals surface area contributed by atoms with Crippen LogP contribution in [0, 0.1) is 0 Å². The molecular weight excluding hydrogens is 719 g/mol. The number of anilines is 1. The van der Waals surface area contributed by atoms with Crippen LogP contribution in [-0.2, 0) is 45.1 Å². The molecule has 0 bridgehead atoms. The van der Waals surface area contributed by atoms with Crippen LogP contribution in [0.1, 0.15) is 54.5 Å². The average molecular weight is 780 g/mol. The highest BCUT2D eigenvalue weighted by molar-refractivity contribution is 6.76. The van der Waals surface area contributed by atoms with Crippen molar-refractivity contribution in [3.8, 4) is 5.75 Å². The van der Waals surface area contributed by atoms with E-state index in [9.17, 15) is 4.79 Å². The smallest absolute Gasteiger partial charge is 0.414 e. The van der Waals surface area contributed by atoms with Crippen molar-refractivity contribution in [2.24, 2.45) is 0 Å². The summed E-state index contributed by atoms with van der Waals surface area (Å²) >= 11 is 0. The molecule has 0 aliphatic carbocycles. The van der Waals surface area contributed by atoms with Crippen molar-refractivity contribution in [3.63, 3.8) is 0 Å². The standard InChI is InChI=1S/C46H61NO6Si2/c1-46(2,3)55(7,8)53-42-25-18-26-47(45(48)51-27-28-54(4,5)6)41-29-39(33-49-31-36-19-12-9-13-20-36)30-43(52-34-38-23-16-11-17-24-38)44(41)40(42)35-50-32-37-21-14-10-15-22-37/h9-25,29-30,40,42H,26-28,31-35H2,1-8H3/b25-18-/t40-,42+/m1/s1. The molecule has 4 aromatic carbocycles. The molecule has 0 spiro atoms. The second kappa shape index (κ2) is 19.2. The molecule has 0 aromatic heterocycles. The van der Waals surface area contributed by atoms with Gasteiger partial charge in [-0.25, -0.2) is 4.79 Å². The van der Waals surface area contributed by atoms with E-state index in [1.165, 1.54) is 0 Å². The first-order valence-corrected chi connectivity index (χ1v) is 26.2. The summed E-state index contributed by atoms with van der Waals surface area (Å²) in [6, 6.07) is 35.5. The van der Waals surface area contributed by atoms with Gasteiger partial charge in [-0.05, 0) is 58.6 Å². The van der Waals surface area contributed by atoms with Gasteiger partial charge in [0.2, 0.25) is 0 Å². The third kappa shape index (κ3) is 12.5. The molecular formula is C46H61NO6Si2. The highest BCUT2D eigenvalue weighted by atomic mass is 28.4. The van der Waals surface area contributed by atoms with E-state index in [-0.39, 0.29) is 23.2 Å². The Hall–Kier alpha value is -4.00. The van der Waals surface area contributed by atoms with Gasteiger partial charge in [-0.3, -0.25) is 4.90 Å². The molecule has 2 atom stereocenters. The topological polar surface area (TPSA) is 66.5 Å². The van der Waals surface area contributed by atoms with E-state index in [1.807, 2.05) is 60.7 Å². The molecule has 4 aromatic rings. The lowest BCUT2D eigenvalue weighted by molar-refractivity contribution is 0.0708. The maximum Gasteiger partial charge on any atom is 0.414 e. The molecule has 1 aliphatic heterocycles. The Morgan fingerprint density at radius 1 is 0.727 bits per heavy atom. The summed E-state index contributed by atoms with van der Waals surface area (Å²) in [4.78, 5) is 16.0. The van der Waals surface area contributed by atoms with Crippen LogP contribution in [0.3, 0.4) is 0 Å². The fraction of sp³-hybridized carbons (Fsp3) is 0.413. The van der Waals surface area contributed by atoms with E-state index in [2.05, 4.69) is 108 Å². The lowest BCUT2D eigenvalue weighted by atomic mass is 9.88. The van der Waals surface area contributed by atoms with Gasteiger partial charge < -0.3 is 23.4 Å². The summed E-state index contributed by atoms with van der Waals surface area (Å²) in [5.41, 5.74) is 5.71. The van der Waals surface area contributed by atoms with Crippen LogP contribution < -0.4 is 9.64 Å². The number of carbonyl (C=O) groups excluding carboxylic acids is 1. The van der Waals surface area contributed by atoms with Gasteiger partial charge in [-0.1, -0.05) is 144 Å². The van der Waals surface area contributed by atoms with Gasteiger partial charge in [0.05, 0.1) is 44.8 Å². The first-order chi connectivity index (χ1) is 26.2. The van der Waals surface area contributed by atoms with Gasteiger partial charge in [-0.15, -0.1) is 0 Å². The van der Waals surface area contributed by atoms with Gasteiger partial charge in [0.15, 0.2) is 8.32 Å². The number of benzene rings is 4. The van der Waals surface area contributed by atoms with E-state index >= 15 is 0 Å². The molecule has 294 valence electrons. The molecule has 0 fully saturated rings. The highest BCUT2D eigenvalue weighted by Gasteiger charge is 2.42. The van der Waals surface area contributed by atoms with Crippen LogP contribution in [0.5, 0.6) is 5.75 Å². The van der Waals surface area contributed by atoms with Crippen LogP contribution >= 0.6 is 0 Å². The summed E-state index contributed by atoms with van der Waals surface area (Å²) in [7, 11) is -3.73. The molecule has 0 N–H and O–H groups in total. The molecule has 1 amide bonds.